The molecule has 0 radical (unpaired) electrons. The first-order valence-corrected chi connectivity index (χ1v) is 2.88. The maximum Gasteiger partial charge on any atom is 0.0262 e. The van der Waals surface area contributed by atoms with Gasteiger partial charge in [0, 0.05) is 12.1 Å². The average Bonchev–Trinajstić information content (AvgIpc) is 2.41. The second-order valence-electron chi connectivity index (χ2n) is 2.32. The molecule has 0 spiro atoms. The first kappa shape index (κ1) is 3.67. The molecule has 0 aromatic heterocycles. The van der Waals surface area contributed by atoms with Crippen LogP contribution < -0.4 is 5.32 Å². The second kappa shape index (κ2) is 1.10. The van der Waals surface area contributed by atoms with Gasteiger partial charge in [-0.3, -0.25) is 0 Å². The molecule has 38 valence electrons. The van der Waals surface area contributed by atoms with E-state index in [1.807, 2.05) is 0 Å². The van der Waals surface area contributed by atoms with Gasteiger partial charge in [-0.25, -0.2) is 0 Å². The molecule has 1 heteroatoms. The van der Waals surface area contributed by atoms with Crippen molar-refractivity contribution in [2.75, 3.05) is 0 Å². The van der Waals surface area contributed by atoms with Gasteiger partial charge in [0.05, 0.1) is 0 Å². The van der Waals surface area contributed by atoms with Crippen LogP contribution >= 0.6 is 0 Å². The quantitative estimate of drug-likeness (QED) is 0.347. The van der Waals surface area contributed by atoms with Gasteiger partial charge in [-0.15, -0.1) is 0 Å². The third-order valence-electron chi connectivity index (χ3n) is 1.75. The van der Waals surface area contributed by atoms with Gasteiger partial charge in [0.15, 0.2) is 0 Å². The molecule has 0 amide bonds. The summed E-state index contributed by atoms with van der Waals surface area (Å²) >= 11 is 0. The molecular weight excluding hydrogens is 86.1 g/mol. The Balaban J connectivity index is 2.10. The molecule has 0 aromatic carbocycles. The van der Waals surface area contributed by atoms with Crippen LogP contribution in [0, 0.1) is 0 Å². The van der Waals surface area contributed by atoms with Crippen LogP contribution in [0.4, 0.5) is 0 Å². The van der Waals surface area contributed by atoms with E-state index in [4.69, 9.17) is 0 Å². The van der Waals surface area contributed by atoms with E-state index < -0.39 is 0 Å². The van der Waals surface area contributed by atoms with E-state index in [0.29, 0.717) is 0 Å². The highest BCUT2D eigenvalue weighted by Gasteiger charge is 2.35. The predicted molar refractivity (Wildman–Crippen MR) is 29.1 cm³/mol. The molecule has 7 heavy (non-hydrogen) atoms. The van der Waals surface area contributed by atoms with Crippen LogP contribution in [-0.2, 0) is 0 Å². The molecule has 1 aliphatic carbocycles. The summed E-state index contributed by atoms with van der Waals surface area (Å²) in [6.07, 6.45) is 7.07. The van der Waals surface area contributed by atoms with Crippen LogP contribution in [0.5, 0.6) is 0 Å². The van der Waals surface area contributed by atoms with Gasteiger partial charge < -0.3 is 5.32 Å². The smallest absolute Gasteiger partial charge is 0.0262 e. The Labute approximate surface area is 43.4 Å². The topological polar surface area (TPSA) is 21.9 Å². The number of hydrogen-bond acceptors (Lipinski definition) is 1. The fourth-order valence-corrected chi connectivity index (χ4v) is 1.17. The van der Waals surface area contributed by atoms with Crippen LogP contribution in [0.3, 0.4) is 0 Å². The lowest BCUT2D eigenvalue weighted by molar-refractivity contribution is 0.854. The van der Waals surface area contributed by atoms with Gasteiger partial charge in [0.2, 0.25) is 0 Å². The minimum absolute atomic E-state index is 0.866. The lowest BCUT2D eigenvalue weighted by Gasteiger charge is -1.93. The van der Waals surface area contributed by atoms with Gasteiger partial charge >= 0.3 is 0 Å². The lowest BCUT2D eigenvalue weighted by Crippen LogP contribution is -1.94. The van der Waals surface area contributed by atoms with Crippen molar-refractivity contribution in [3.63, 3.8) is 0 Å². The Morgan fingerprint density at radius 1 is 1.14 bits per heavy atom. The van der Waals surface area contributed by atoms with Crippen molar-refractivity contribution in [1.29, 1.82) is 0 Å². The summed E-state index contributed by atoms with van der Waals surface area (Å²) in [5.41, 5.74) is 0. The van der Waals surface area contributed by atoms with Crippen molar-refractivity contribution in [3.05, 3.63) is 12.2 Å². The van der Waals surface area contributed by atoms with E-state index in [9.17, 15) is 0 Å². The van der Waals surface area contributed by atoms with Crippen LogP contribution in [0.1, 0.15) is 12.8 Å². The van der Waals surface area contributed by atoms with Crippen molar-refractivity contribution < 1.29 is 0 Å². The Morgan fingerprint density at radius 3 is 2.14 bits per heavy atom. The number of hydrogen-bond donors (Lipinski definition) is 1. The molecule has 0 bridgehead atoms. The Hall–Kier alpha value is -0.300. The molecule has 1 aliphatic heterocycles. The summed E-state index contributed by atoms with van der Waals surface area (Å²) in [5, 5.41) is 3.37. The van der Waals surface area contributed by atoms with Crippen LogP contribution in [-0.4, -0.2) is 12.1 Å². The van der Waals surface area contributed by atoms with E-state index in [-0.39, 0.29) is 0 Å². The molecule has 2 atom stereocenters. The van der Waals surface area contributed by atoms with Crippen molar-refractivity contribution in [3.8, 4) is 0 Å². The summed E-state index contributed by atoms with van der Waals surface area (Å²) in [6, 6.07) is 1.73. The van der Waals surface area contributed by atoms with E-state index in [1.165, 1.54) is 12.8 Å². The van der Waals surface area contributed by atoms with E-state index in [1.54, 1.807) is 0 Å². The first-order chi connectivity index (χ1) is 3.47. The molecule has 1 fully saturated rings. The molecule has 1 heterocycles. The van der Waals surface area contributed by atoms with Gasteiger partial charge in [-0.2, -0.15) is 0 Å². The van der Waals surface area contributed by atoms with Crippen molar-refractivity contribution in [2.45, 2.75) is 24.9 Å². The molecular formula is C6H9N. The Bertz CT molecular complexity index is 94.7. The zero-order valence-electron chi connectivity index (χ0n) is 4.22. The minimum atomic E-state index is 0.866. The number of fused-ring (bicyclic) bond motifs is 1. The summed E-state index contributed by atoms with van der Waals surface area (Å²) in [7, 11) is 0. The highest BCUT2D eigenvalue weighted by molar-refractivity contribution is 5.10. The fourth-order valence-electron chi connectivity index (χ4n) is 1.17. The van der Waals surface area contributed by atoms with Crippen molar-refractivity contribution >= 4 is 0 Å². The van der Waals surface area contributed by atoms with E-state index in [2.05, 4.69) is 17.5 Å². The van der Waals surface area contributed by atoms with Crippen LogP contribution in [0.15, 0.2) is 12.2 Å². The molecule has 2 unspecified atom stereocenters. The maximum absolute atomic E-state index is 3.37. The molecule has 1 saturated heterocycles. The Kier molecular flexibility index (Phi) is 0.577. The largest absolute Gasteiger partial charge is 0.307 e. The number of rotatable bonds is 0. The van der Waals surface area contributed by atoms with Gasteiger partial charge in [-0.05, 0) is 12.8 Å². The molecule has 0 saturated carbocycles. The van der Waals surface area contributed by atoms with Crippen molar-refractivity contribution in [1.82, 2.24) is 5.32 Å². The summed E-state index contributed by atoms with van der Waals surface area (Å²) in [6.45, 7) is 0. The molecule has 1 nitrogen and oxygen atoms in total. The summed E-state index contributed by atoms with van der Waals surface area (Å²) in [5.74, 6) is 0. The molecule has 2 aliphatic rings. The highest BCUT2D eigenvalue weighted by atomic mass is 15.1. The third kappa shape index (κ3) is 0.484. The zero-order valence-corrected chi connectivity index (χ0v) is 4.22. The lowest BCUT2D eigenvalue weighted by atomic mass is 10.1. The minimum Gasteiger partial charge on any atom is -0.307 e. The normalized spacial score (nSPS) is 45.7. The Morgan fingerprint density at radius 2 is 1.71 bits per heavy atom. The molecule has 0 aromatic rings. The van der Waals surface area contributed by atoms with Crippen LogP contribution in [0.2, 0.25) is 0 Å². The molecule has 2 rings (SSSR count). The summed E-state index contributed by atoms with van der Waals surface area (Å²) < 4.78 is 0. The van der Waals surface area contributed by atoms with Crippen molar-refractivity contribution in [2.24, 2.45) is 0 Å². The SMILES string of the molecule is C1=CCC2NC2C1. The average molecular weight is 95.1 g/mol. The highest BCUT2D eigenvalue weighted by Crippen LogP contribution is 2.23. The van der Waals surface area contributed by atoms with Gasteiger partial charge in [0.1, 0.15) is 0 Å². The predicted octanol–water partition coefficient (Wildman–Crippen LogP) is 0.677. The standard InChI is InChI=1S/C6H9N/c1-2-4-6-5(3-1)7-6/h1-2,5-7H,3-4H2. The van der Waals surface area contributed by atoms with E-state index in [0.717, 1.165) is 12.1 Å². The second-order valence-corrected chi connectivity index (χ2v) is 2.32. The monoisotopic (exact) mass is 95.1 g/mol. The molecule has 1 N–H and O–H groups in total. The number of nitrogens with one attached hydrogen (secondary N) is 1. The van der Waals surface area contributed by atoms with Gasteiger partial charge in [0.25, 0.3) is 0 Å². The fraction of sp³-hybridized carbons (Fsp3) is 0.667. The first-order valence-electron chi connectivity index (χ1n) is 2.88. The summed E-state index contributed by atoms with van der Waals surface area (Å²) in [4.78, 5) is 0. The van der Waals surface area contributed by atoms with Gasteiger partial charge in [-0.1, -0.05) is 12.2 Å². The van der Waals surface area contributed by atoms with Crippen LogP contribution in [0.25, 0.3) is 0 Å². The maximum atomic E-state index is 3.37. The zero-order chi connectivity index (χ0) is 4.69. The third-order valence-corrected chi connectivity index (χ3v) is 1.75. The van der Waals surface area contributed by atoms with E-state index >= 15 is 0 Å².